The average Bonchev–Trinajstić information content (AvgIpc) is 3.49. The Bertz CT molecular complexity index is 1650. The van der Waals surface area contributed by atoms with E-state index in [2.05, 4.69) is 57.5 Å². The Morgan fingerprint density at radius 1 is 1.00 bits per heavy atom. The van der Waals surface area contributed by atoms with Gasteiger partial charge < -0.3 is 15.1 Å². The molecule has 7 nitrogen and oxygen atoms in total. The van der Waals surface area contributed by atoms with E-state index in [1.807, 2.05) is 43.3 Å². The Morgan fingerprint density at radius 2 is 1.79 bits per heavy atom. The van der Waals surface area contributed by atoms with Crippen molar-refractivity contribution in [2.75, 3.05) is 43.4 Å². The van der Waals surface area contributed by atoms with E-state index in [1.165, 1.54) is 5.69 Å². The van der Waals surface area contributed by atoms with E-state index in [0.717, 1.165) is 54.8 Å². The van der Waals surface area contributed by atoms with Crippen LogP contribution in [0.3, 0.4) is 0 Å². The van der Waals surface area contributed by atoms with Crippen LogP contribution in [0.1, 0.15) is 18.9 Å². The summed E-state index contributed by atoms with van der Waals surface area (Å²) < 4.78 is 1.68. The molecule has 1 N–H and O–H groups in total. The van der Waals surface area contributed by atoms with E-state index in [0.29, 0.717) is 34.3 Å². The summed E-state index contributed by atoms with van der Waals surface area (Å²) in [4.78, 5) is 27.6. The number of aromatic nitrogens is 3. The number of hydrogen-bond acceptors (Lipinski definition) is 6. The molecule has 39 heavy (non-hydrogen) atoms. The van der Waals surface area contributed by atoms with Crippen LogP contribution in [0.2, 0.25) is 5.02 Å². The molecule has 198 valence electrons. The van der Waals surface area contributed by atoms with Crippen LogP contribution in [0.5, 0.6) is 0 Å². The first-order valence-corrected chi connectivity index (χ1v) is 13.8. The topological polar surface area (TPSA) is 66.3 Å². The fraction of sp³-hybridized carbons (Fsp3) is 0.258. The Kier molecular flexibility index (Phi) is 6.94. The first kappa shape index (κ1) is 25.3. The monoisotopic (exact) mass is 538 g/mol. The van der Waals surface area contributed by atoms with Gasteiger partial charge in [0.25, 0.3) is 5.56 Å². The maximum absolute atomic E-state index is 13.6. The minimum atomic E-state index is -0.124. The van der Waals surface area contributed by atoms with Crippen LogP contribution in [0, 0.1) is 0 Å². The molecular weight excluding hydrogens is 508 g/mol. The number of anilines is 3. The van der Waals surface area contributed by atoms with Crippen molar-refractivity contribution in [3.8, 4) is 11.1 Å². The molecule has 0 unspecified atom stereocenters. The molecular formula is C31H31ClN6O. The lowest BCUT2D eigenvalue weighted by Gasteiger charge is -2.34. The van der Waals surface area contributed by atoms with Gasteiger partial charge in [0.2, 0.25) is 5.95 Å². The predicted molar refractivity (Wildman–Crippen MR) is 161 cm³/mol. The first-order valence-electron chi connectivity index (χ1n) is 13.4. The van der Waals surface area contributed by atoms with Gasteiger partial charge in [0.05, 0.1) is 0 Å². The lowest BCUT2D eigenvalue weighted by atomic mass is 10.0. The number of likely N-dealkylation sites (N-methyl/N-ethyl adjacent to an activating group) is 1. The molecule has 0 atom stereocenters. The maximum atomic E-state index is 13.6. The third-order valence-corrected chi connectivity index (χ3v) is 7.81. The molecule has 1 aliphatic carbocycles. The van der Waals surface area contributed by atoms with Crippen molar-refractivity contribution in [2.24, 2.45) is 0 Å². The van der Waals surface area contributed by atoms with Gasteiger partial charge in [0, 0.05) is 71.8 Å². The highest BCUT2D eigenvalue weighted by atomic mass is 35.5. The Morgan fingerprint density at radius 3 is 2.49 bits per heavy atom. The molecule has 6 rings (SSSR count). The number of hydrogen-bond donors (Lipinski definition) is 1. The molecule has 1 saturated heterocycles. The Balaban J connectivity index is 1.28. The molecule has 0 spiro atoms. The van der Waals surface area contributed by atoms with Gasteiger partial charge >= 0.3 is 0 Å². The SMILES string of the molecule is CCn1c(=O)c(-c2ccc(C3=CCC=C3)cc2Cl)cc2cnc(Nc3ccc(N4CCN(C)CC4)cc3)nc21. The standard InChI is InChI=1S/C31H31ClN6O/c1-3-38-29-23(18-27(30(38)39)26-13-8-22(19-28(26)32)21-6-4-5-7-21)20-33-31(35-29)34-24-9-11-25(12-10-24)37-16-14-36(2)15-17-37/h4,6-13,18-20H,3,5,14-17H2,1-2H3,(H,33,34,35). The second-order valence-corrected chi connectivity index (χ2v) is 10.4. The smallest absolute Gasteiger partial charge is 0.260 e. The van der Waals surface area contributed by atoms with Crippen LogP contribution in [-0.4, -0.2) is 52.7 Å². The second kappa shape index (κ2) is 10.7. The molecule has 1 aliphatic heterocycles. The number of nitrogens with zero attached hydrogens (tertiary/aromatic N) is 5. The van der Waals surface area contributed by atoms with Crippen molar-refractivity contribution in [3.05, 3.63) is 93.9 Å². The van der Waals surface area contributed by atoms with Crippen molar-refractivity contribution >= 4 is 45.5 Å². The minimum Gasteiger partial charge on any atom is -0.369 e. The normalized spacial score (nSPS) is 15.7. The molecule has 4 aromatic rings. The van der Waals surface area contributed by atoms with Crippen molar-refractivity contribution in [1.29, 1.82) is 0 Å². The summed E-state index contributed by atoms with van der Waals surface area (Å²) in [6.07, 6.45) is 9.06. The number of pyridine rings is 1. The molecule has 2 aliphatic rings. The van der Waals surface area contributed by atoms with Gasteiger partial charge in [-0.2, -0.15) is 4.98 Å². The molecule has 0 amide bonds. The summed E-state index contributed by atoms with van der Waals surface area (Å²) in [5, 5.41) is 4.63. The van der Waals surface area contributed by atoms with Gasteiger partial charge in [-0.25, -0.2) is 4.98 Å². The van der Waals surface area contributed by atoms with E-state index in [9.17, 15) is 4.79 Å². The zero-order valence-electron chi connectivity index (χ0n) is 22.2. The minimum absolute atomic E-state index is 0.124. The van der Waals surface area contributed by atoms with Crippen LogP contribution in [-0.2, 0) is 6.54 Å². The lowest BCUT2D eigenvalue weighted by Crippen LogP contribution is -2.44. The molecule has 1 fully saturated rings. The van der Waals surface area contributed by atoms with Gasteiger partial charge in [-0.3, -0.25) is 9.36 Å². The number of aryl methyl sites for hydroxylation is 1. The Labute approximate surface area is 233 Å². The summed E-state index contributed by atoms with van der Waals surface area (Å²) in [6.45, 7) is 6.61. The number of rotatable bonds is 6. The van der Waals surface area contributed by atoms with Gasteiger partial charge in [0.15, 0.2) is 0 Å². The highest BCUT2D eigenvalue weighted by Gasteiger charge is 2.17. The molecule has 8 heteroatoms. The summed E-state index contributed by atoms with van der Waals surface area (Å²) in [5.41, 5.74) is 6.02. The third-order valence-electron chi connectivity index (χ3n) is 7.50. The van der Waals surface area contributed by atoms with Crippen LogP contribution in [0.4, 0.5) is 17.3 Å². The lowest BCUT2D eigenvalue weighted by molar-refractivity contribution is 0.313. The molecule has 0 bridgehead atoms. The van der Waals surface area contributed by atoms with Gasteiger partial charge in [0.1, 0.15) is 5.65 Å². The number of piperazine rings is 1. The number of benzene rings is 2. The summed E-state index contributed by atoms with van der Waals surface area (Å²) in [7, 11) is 2.16. The summed E-state index contributed by atoms with van der Waals surface area (Å²) in [5.74, 6) is 0.449. The van der Waals surface area contributed by atoms with Crippen molar-refractivity contribution in [1.82, 2.24) is 19.4 Å². The van der Waals surface area contributed by atoms with Crippen LogP contribution < -0.4 is 15.8 Å². The van der Waals surface area contributed by atoms with E-state index < -0.39 is 0 Å². The average molecular weight is 539 g/mol. The Hall–Kier alpha value is -3.94. The van der Waals surface area contributed by atoms with Crippen molar-refractivity contribution < 1.29 is 0 Å². The zero-order chi connectivity index (χ0) is 26.9. The number of fused-ring (bicyclic) bond motifs is 1. The van der Waals surface area contributed by atoms with Gasteiger partial charge in [-0.1, -0.05) is 42.0 Å². The highest BCUT2D eigenvalue weighted by molar-refractivity contribution is 6.33. The van der Waals surface area contributed by atoms with E-state index in [-0.39, 0.29) is 5.56 Å². The fourth-order valence-electron chi connectivity index (χ4n) is 5.24. The maximum Gasteiger partial charge on any atom is 0.260 e. The third kappa shape index (κ3) is 5.07. The van der Waals surface area contributed by atoms with Crippen LogP contribution in [0.25, 0.3) is 27.7 Å². The van der Waals surface area contributed by atoms with Crippen molar-refractivity contribution in [2.45, 2.75) is 19.9 Å². The van der Waals surface area contributed by atoms with Crippen LogP contribution in [0.15, 0.2) is 77.8 Å². The van der Waals surface area contributed by atoms with Crippen molar-refractivity contribution in [3.63, 3.8) is 0 Å². The molecule has 0 saturated carbocycles. The number of allylic oxidation sites excluding steroid dienone is 4. The second-order valence-electron chi connectivity index (χ2n) is 10.0. The van der Waals surface area contributed by atoms with E-state index in [4.69, 9.17) is 16.6 Å². The summed E-state index contributed by atoms with van der Waals surface area (Å²) in [6, 6.07) is 16.0. The number of nitrogens with one attached hydrogen (secondary N) is 1. The van der Waals surface area contributed by atoms with Gasteiger partial charge in [-0.15, -0.1) is 0 Å². The molecule has 3 heterocycles. The largest absolute Gasteiger partial charge is 0.369 e. The summed E-state index contributed by atoms with van der Waals surface area (Å²) >= 11 is 6.70. The van der Waals surface area contributed by atoms with E-state index >= 15 is 0 Å². The fourth-order valence-corrected chi connectivity index (χ4v) is 5.52. The predicted octanol–water partition coefficient (Wildman–Crippen LogP) is 5.97. The zero-order valence-corrected chi connectivity index (χ0v) is 22.9. The first-order chi connectivity index (χ1) is 19.0. The molecule has 0 radical (unpaired) electrons. The highest BCUT2D eigenvalue weighted by Crippen LogP contribution is 2.32. The number of halogens is 1. The van der Waals surface area contributed by atoms with E-state index in [1.54, 1.807) is 10.8 Å². The molecule has 2 aromatic carbocycles. The molecule has 2 aromatic heterocycles. The van der Waals surface area contributed by atoms with Crippen LogP contribution >= 0.6 is 11.6 Å². The quantitative estimate of drug-likeness (QED) is 0.326. The van der Waals surface area contributed by atoms with Gasteiger partial charge in [-0.05, 0) is 67.9 Å².